The monoisotopic (exact) mass is 387 g/mol. The Hall–Kier alpha value is -2.09. The van der Waals surface area contributed by atoms with Gasteiger partial charge in [0.05, 0.1) is 17.5 Å². The van der Waals surface area contributed by atoms with Gasteiger partial charge in [0.2, 0.25) is 5.91 Å². The van der Waals surface area contributed by atoms with E-state index in [1.54, 1.807) is 0 Å². The summed E-state index contributed by atoms with van der Waals surface area (Å²) in [5, 5.41) is 12.1. The Labute approximate surface area is 155 Å². The van der Waals surface area contributed by atoms with Crippen LogP contribution in [0.5, 0.6) is 0 Å². The summed E-state index contributed by atoms with van der Waals surface area (Å²) >= 11 is 0. The lowest BCUT2D eigenvalue weighted by Crippen LogP contribution is -2.54. The summed E-state index contributed by atoms with van der Waals surface area (Å²) in [7, 11) is 0. The van der Waals surface area contributed by atoms with Gasteiger partial charge in [-0.25, -0.2) is 0 Å². The number of carboxylic acids is 1. The number of carbonyl (C=O) groups excluding carboxylic acids is 1. The molecule has 0 bridgehead atoms. The first-order chi connectivity index (χ1) is 12.6. The first-order valence-electron chi connectivity index (χ1n) is 8.93. The summed E-state index contributed by atoms with van der Waals surface area (Å²) < 4.78 is 43.3. The number of aliphatic carboxylic acids is 1. The molecule has 27 heavy (non-hydrogen) atoms. The van der Waals surface area contributed by atoms with Crippen molar-refractivity contribution in [3.05, 3.63) is 35.4 Å². The molecule has 0 aliphatic carbocycles. The Kier molecular flexibility index (Phi) is 6.86. The van der Waals surface area contributed by atoms with Crippen molar-refractivity contribution < 1.29 is 32.6 Å². The SMILES string of the molecule is CCC(Cc1ccc(C(F)(F)F)cc1)C(=O)NC1(CC(=O)O)CCOCC1. The van der Waals surface area contributed by atoms with Gasteiger partial charge in [-0.2, -0.15) is 13.2 Å². The van der Waals surface area contributed by atoms with Crippen molar-refractivity contribution in [1.82, 2.24) is 5.32 Å². The molecule has 5 nitrogen and oxygen atoms in total. The summed E-state index contributed by atoms with van der Waals surface area (Å²) in [6.07, 6.45) is -2.96. The average molecular weight is 387 g/mol. The normalized spacial score (nSPS) is 17.9. The molecule has 0 radical (unpaired) electrons. The summed E-state index contributed by atoms with van der Waals surface area (Å²) in [4.78, 5) is 23.9. The standard InChI is InChI=1S/C19H24F3NO4/c1-2-14(11-13-3-5-15(6-4-13)19(20,21)22)17(26)23-18(12-16(24)25)7-9-27-10-8-18/h3-6,14H,2,7-12H2,1H3,(H,23,26)(H,24,25). The van der Waals surface area contributed by atoms with Crippen LogP contribution < -0.4 is 5.32 Å². The van der Waals surface area contributed by atoms with Gasteiger partial charge in [0.25, 0.3) is 0 Å². The molecule has 1 aromatic rings. The summed E-state index contributed by atoms with van der Waals surface area (Å²) in [5.74, 6) is -1.72. The third-order valence-electron chi connectivity index (χ3n) is 4.95. The second-order valence-corrected chi connectivity index (χ2v) is 6.96. The maximum Gasteiger partial charge on any atom is 0.416 e. The molecular formula is C19H24F3NO4. The van der Waals surface area contributed by atoms with Crippen LogP contribution in [0.2, 0.25) is 0 Å². The first-order valence-corrected chi connectivity index (χ1v) is 8.93. The molecule has 150 valence electrons. The highest BCUT2D eigenvalue weighted by Gasteiger charge is 2.37. The van der Waals surface area contributed by atoms with Crippen LogP contribution in [-0.4, -0.2) is 35.7 Å². The molecule has 2 N–H and O–H groups in total. The van der Waals surface area contributed by atoms with Crippen LogP contribution in [0.1, 0.15) is 43.7 Å². The minimum atomic E-state index is -4.40. The maximum atomic E-state index is 12.7. The number of carbonyl (C=O) groups is 2. The number of benzene rings is 1. The van der Waals surface area contributed by atoms with E-state index in [0.29, 0.717) is 44.5 Å². The molecule has 1 amide bonds. The van der Waals surface area contributed by atoms with E-state index in [1.807, 2.05) is 6.92 Å². The second-order valence-electron chi connectivity index (χ2n) is 6.96. The van der Waals surface area contributed by atoms with Gasteiger partial charge in [-0.1, -0.05) is 19.1 Å². The quantitative estimate of drug-likeness (QED) is 0.752. The molecule has 1 saturated heterocycles. The van der Waals surface area contributed by atoms with Crippen molar-refractivity contribution >= 4 is 11.9 Å². The lowest BCUT2D eigenvalue weighted by Gasteiger charge is -2.37. The van der Waals surface area contributed by atoms with Crippen molar-refractivity contribution in [3.8, 4) is 0 Å². The second kappa shape index (κ2) is 8.73. The molecule has 2 rings (SSSR count). The van der Waals surface area contributed by atoms with Crippen molar-refractivity contribution in [2.24, 2.45) is 5.92 Å². The van der Waals surface area contributed by atoms with Crippen LogP contribution in [0, 0.1) is 5.92 Å². The molecule has 8 heteroatoms. The Morgan fingerprint density at radius 1 is 1.22 bits per heavy atom. The van der Waals surface area contributed by atoms with Crippen LogP contribution in [0.25, 0.3) is 0 Å². The Balaban J connectivity index is 2.07. The van der Waals surface area contributed by atoms with Gasteiger partial charge < -0.3 is 15.2 Å². The average Bonchev–Trinajstić information content (AvgIpc) is 2.59. The largest absolute Gasteiger partial charge is 0.481 e. The van der Waals surface area contributed by atoms with Crippen LogP contribution in [0.15, 0.2) is 24.3 Å². The number of alkyl halides is 3. The van der Waals surface area contributed by atoms with E-state index in [1.165, 1.54) is 12.1 Å². The molecule has 0 saturated carbocycles. The molecule has 1 aliphatic rings. The number of hydrogen-bond acceptors (Lipinski definition) is 3. The Morgan fingerprint density at radius 3 is 2.30 bits per heavy atom. The molecular weight excluding hydrogens is 363 g/mol. The third kappa shape index (κ3) is 5.95. The number of ether oxygens (including phenoxy) is 1. The number of carboxylic acid groups (broad SMARTS) is 1. The lowest BCUT2D eigenvalue weighted by atomic mass is 9.85. The molecule has 0 spiro atoms. The summed E-state index contributed by atoms with van der Waals surface area (Å²) in [5.41, 5.74) is -0.940. The minimum absolute atomic E-state index is 0.182. The first kappa shape index (κ1) is 21.2. The topological polar surface area (TPSA) is 75.6 Å². The highest BCUT2D eigenvalue weighted by Crippen LogP contribution is 2.30. The molecule has 1 fully saturated rings. The number of hydrogen-bond donors (Lipinski definition) is 2. The predicted octanol–water partition coefficient (Wildman–Crippen LogP) is 3.41. The van der Waals surface area contributed by atoms with E-state index < -0.39 is 29.2 Å². The van der Waals surface area contributed by atoms with Crippen LogP contribution >= 0.6 is 0 Å². The number of amides is 1. The molecule has 1 aromatic carbocycles. The highest BCUT2D eigenvalue weighted by molar-refractivity contribution is 5.81. The fraction of sp³-hybridized carbons (Fsp3) is 0.579. The van der Waals surface area contributed by atoms with E-state index in [4.69, 9.17) is 4.74 Å². The predicted molar refractivity (Wildman–Crippen MR) is 92.1 cm³/mol. The van der Waals surface area contributed by atoms with Crippen molar-refractivity contribution in [3.63, 3.8) is 0 Å². The van der Waals surface area contributed by atoms with Gasteiger partial charge in [-0.15, -0.1) is 0 Å². The zero-order chi connectivity index (χ0) is 20.1. The minimum Gasteiger partial charge on any atom is -0.481 e. The number of halogens is 3. The number of nitrogens with one attached hydrogen (secondary N) is 1. The molecule has 1 atom stereocenters. The van der Waals surface area contributed by atoms with Gasteiger partial charge in [-0.3, -0.25) is 9.59 Å². The Morgan fingerprint density at radius 2 is 1.81 bits per heavy atom. The third-order valence-corrected chi connectivity index (χ3v) is 4.95. The van der Waals surface area contributed by atoms with Gasteiger partial charge in [0.1, 0.15) is 0 Å². The van der Waals surface area contributed by atoms with Gasteiger partial charge in [0.15, 0.2) is 0 Å². The smallest absolute Gasteiger partial charge is 0.416 e. The van der Waals surface area contributed by atoms with E-state index >= 15 is 0 Å². The van der Waals surface area contributed by atoms with E-state index in [2.05, 4.69) is 5.32 Å². The van der Waals surface area contributed by atoms with Gasteiger partial charge >= 0.3 is 12.1 Å². The summed E-state index contributed by atoms with van der Waals surface area (Å²) in [6.45, 7) is 2.58. The van der Waals surface area contributed by atoms with E-state index in [9.17, 15) is 27.9 Å². The number of rotatable bonds is 7. The zero-order valence-corrected chi connectivity index (χ0v) is 15.1. The van der Waals surface area contributed by atoms with E-state index in [0.717, 1.165) is 12.1 Å². The van der Waals surface area contributed by atoms with Crippen molar-refractivity contribution in [1.29, 1.82) is 0 Å². The zero-order valence-electron chi connectivity index (χ0n) is 15.1. The molecule has 1 unspecified atom stereocenters. The summed E-state index contributed by atoms with van der Waals surface area (Å²) in [6, 6.07) is 4.76. The van der Waals surface area contributed by atoms with E-state index in [-0.39, 0.29) is 12.3 Å². The van der Waals surface area contributed by atoms with Crippen LogP contribution in [0.3, 0.4) is 0 Å². The van der Waals surface area contributed by atoms with Gasteiger partial charge in [-0.05, 0) is 43.4 Å². The van der Waals surface area contributed by atoms with Crippen molar-refractivity contribution in [2.45, 2.75) is 50.7 Å². The molecule has 1 aliphatic heterocycles. The highest BCUT2D eigenvalue weighted by atomic mass is 19.4. The molecule has 0 aromatic heterocycles. The Bertz CT molecular complexity index is 652. The van der Waals surface area contributed by atoms with Gasteiger partial charge in [0, 0.05) is 19.1 Å². The maximum absolute atomic E-state index is 12.7. The van der Waals surface area contributed by atoms with Crippen LogP contribution in [0.4, 0.5) is 13.2 Å². The fourth-order valence-corrected chi connectivity index (χ4v) is 3.30. The molecule has 1 heterocycles. The van der Waals surface area contributed by atoms with Crippen molar-refractivity contribution in [2.75, 3.05) is 13.2 Å². The lowest BCUT2D eigenvalue weighted by molar-refractivity contribution is -0.141. The fourth-order valence-electron chi connectivity index (χ4n) is 3.30. The van der Waals surface area contributed by atoms with Crippen LogP contribution in [-0.2, 0) is 26.9 Å².